The van der Waals surface area contributed by atoms with Crippen molar-refractivity contribution < 1.29 is 22.1 Å². The smallest absolute Gasteiger partial charge is 0.308 e. The Balaban J connectivity index is 2.77. The Bertz CT molecular complexity index is 538. The Hall–Kier alpha value is -1.11. The second kappa shape index (κ2) is 7.61. The van der Waals surface area contributed by atoms with Crippen LogP contribution >= 0.6 is 11.6 Å². The zero-order valence-electron chi connectivity index (χ0n) is 11.3. The van der Waals surface area contributed by atoms with Gasteiger partial charge in [-0.3, -0.25) is 8.98 Å². The van der Waals surface area contributed by atoms with Crippen molar-refractivity contribution in [2.45, 2.75) is 31.3 Å². The molecule has 1 atom stereocenters. The molecule has 1 unspecified atom stereocenters. The van der Waals surface area contributed by atoms with Crippen LogP contribution in [-0.4, -0.2) is 33.0 Å². The van der Waals surface area contributed by atoms with Gasteiger partial charge in [-0.05, 0) is 26.0 Å². The highest BCUT2D eigenvalue weighted by Gasteiger charge is 2.23. The molecule has 0 radical (unpaired) electrons. The summed E-state index contributed by atoms with van der Waals surface area (Å²) in [6, 6.07) is 6.22. The van der Waals surface area contributed by atoms with E-state index in [9.17, 15) is 13.2 Å². The number of carbonyl (C=O) groups excluding carboxylic acids is 1. The second-order valence-electron chi connectivity index (χ2n) is 4.15. The van der Waals surface area contributed by atoms with E-state index in [1.807, 2.05) is 6.92 Å². The van der Waals surface area contributed by atoms with Crippen molar-refractivity contribution in [3.8, 4) is 0 Å². The number of aryl methyl sites for hydroxylation is 1. The van der Waals surface area contributed by atoms with Gasteiger partial charge in [0.05, 0.1) is 23.8 Å². The van der Waals surface area contributed by atoms with Gasteiger partial charge in [0.15, 0.2) is 0 Å². The van der Waals surface area contributed by atoms with E-state index >= 15 is 0 Å². The Morgan fingerprint density at radius 1 is 1.30 bits per heavy atom. The summed E-state index contributed by atoms with van der Waals surface area (Å²) in [5, 5.41) is 0. The number of hydrogen-bond acceptors (Lipinski definition) is 5. The Labute approximate surface area is 124 Å². The Morgan fingerprint density at radius 3 is 2.40 bits per heavy atom. The van der Waals surface area contributed by atoms with Crippen LogP contribution in [0.15, 0.2) is 29.2 Å². The summed E-state index contributed by atoms with van der Waals surface area (Å²) in [5.41, 5.74) is 0.935. The molecule has 0 aliphatic heterocycles. The molecule has 0 bridgehead atoms. The molecule has 0 amide bonds. The van der Waals surface area contributed by atoms with Crippen molar-refractivity contribution in [3.05, 3.63) is 29.8 Å². The maximum atomic E-state index is 12.0. The molecule has 0 aliphatic carbocycles. The molecule has 0 aromatic heterocycles. The third-order valence-corrected chi connectivity index (χ3v) is 4.16. The molecule has 0 fully saturated rings. The Kier molecular flexibility index (Phi) is 6.45. The molecule has 0 aliphatic rings. The predicted octanol–water partition coefficient (Wildman–Crippen LogP) is 2.26. The third kappa shape index (κ3) is 5.11. The SMILES string of the molecule is CCOC(=O)CC(CCl)OS(=O)(=O)c1ccc(C)cc1. The quantitative estimate of drug-likeness (QED) is 0.438. The summed E-state index contributed by atoms with van der Waals surface area (Å²) in [4.78, 5) is 11.4. The lowest BCUT2D eigenvalue weighted by atomic mass is 10.2. The van der Waals surface area contributed by atoms with Crippen LogP contribution in [0.1, 0.15) is 18.9 Å². The lowest BCUT2D eigenvalue weighted by Gasteiger charge is -2.14. The zero-order chi connectivity index (χ0) is 15.2. The van der Waals surface area contributed by atoms with Gasteiger partial charge in [-0.15, -0.1) is 11.6 Å². The van der Waals surface area contributed by atoms with Crippen LogP contribution in [0.2, 0.25) is 0 Å². The van der Waals surface area contributed by atoms with E-state index in [0.29, 0.717) is 0 Å². The molecule has 0 N–H and O–H groups in total. The highest BCUT2D eigenvalue weighted by Crippen LogP contribution is 2.17. The molecule has 1 aromatic rings. The van der Waals surface area contributed by atoms with E-state index in [0.717, 1.165) is 5.56 Å². The number of rotatable bonds is 7. The summed E-state index contributed by atoms with van der Waals surface area (Å²) in [5.74, 6) is -0.665. The fourth-order valence-electron chi connectivity index (χ4n) is 1.46. The molecular formula is C13H17ClO5S. The molecular weight excluding hydrogens is 304 g/mol. The number of halogens is 1. The fourth-order valence-corrected chi connectivity index (χ4v) is 2.78. The summed E-state index contributed by atoms with van der Waals surface area (Å²) in [6.45, 7) is 3.73. The summed E-state index contributed by atoms with van der Waals surface area (Å²) in [6.07, 6.45) is -1.15. The van der Waals surface area contributed by atoms with Gasteiger partial charge in [-0.1, -0.05) is 17.7 Å². The number of hydrogen-bond donors (Lipinski definition) is 0. The van der Waals surface area contributed by atoms with Gasteiger partial charge in [-0.25, -0.2) is 0 Å². The molecule has 1 aromatic carbocycles. The maximum absolute atomic E-state index is 12.0. The minimum Gasteiger partial charge on any atom is -0.466 e. The van der Waals surface area contributed by atoms with Crippen LogP contribution in [-0.2, 0) is 23.8 Å². The topological polar surface area (TPSA) is 69.7 Å². The number of benzene rings is 1. The summed E-state index contributed by atoms with van der Waals surface area (Å²) >= 11 is 5.63. The van der Waals surface area contributed by atoms with E-state index in [1.165, 1.54) is 12.1 Å². The molecule has 0 spiro atoms. The van der Waals surface area contributed by atoms with Crippen molar-refractivity contribution >= 4 is 27.7 Å². The van der Waals surface area contributed by atoms with E-state index in [-0.39, 0.29) is 23.8 Å². The standard InChI is InChI=1S/C13H17ClO5S/c1-3-18-13(15)8-11(9-14)19-20(16,17)12-6-4-10(2)5-7-12/h4-7,11H,3,8-9H2,1-2H3. The molecule has 0 saturated carbocycles. The first-order valence-corrected chi connectivity index (χ1v) is 8.05. The van der Waals surface area contributed by atoms with Gasteiger partial charge in [-0.2, -0.15) is 8.42 Å². The minimum atomic E-state index is -3.94. The predicted molar refractivity (Wildman–Crippen MR) is 75.2 cm³/mol. The minimum absolute atomic E-state index is 0.0297. The molecule has 112 valence electrons. The van der Waals surface area contributed by atoms with Gasteiger partial charge in [0.1, 0.15) is 6.10 Å². The molecule has 5 nitrogen and oxygen atoms in total. The van der Waals surface area contributed by atoms with Crippen LogP contribution in [0.4, 0.5) is 0 Å². The van der Waals surface area contributed by atoms with Crippen molar-refractivity contribution in [3.63, 3.8) is 0 Å². The van der Waals surface area contributed by atoms with Crippen LogP contribution < -0.4 is 0 Å². The van der Waals surface area contributed by atoms with Gasteiger partial charge in [0.2, 0.25) is 0 Å². The molecule has 7 heteroatoms. The van der Waals surface area contributed by atoms with Gasteiger partial charge >= 0.3 is 5.97 Å². The van der Waals surface area contributed by atoms with E-state index in [2.05, 4.69) is 0 Å². The van der Waals surface area contributed by atoms with E-state index < -0.39 is 22.2 Å². The highest BCUT2D eigenvalue weighted by molar-refractivity contribution is 7.86. The van der Waals surface area contributed by atoms with Crippen molar-refractivity contribution in [1.82, 2.24) is 0 Å². The van der Waals surface area contributed by atoms with Gasteiger partial charge in [0, 0.05) is 0 Å². The first-order valence-electron chi connectivity index (χ1n) is 6.10. The maximum Gasteiger partial charge on any atom is 0.308 e. The van der Waals surface area contributed by atoms with E-state index in [1.54, 1.807) is 19.1 Å². The zero-order valence-corrected chi connectivity index (χ0v) is 12.9. The monoisotopic (exact) mass is 320 g/mol. The normalized spacial score (nSPS) is 12.9. The first kappa shape index (κ1) is 16.9. The summed E-state index contributed by atoms with van der Waals surface area (Å²) in [7, 11) is -3.94. The fraction of sp³-hybridized carbons (Fsp3) is 0.462. The molecule has 1 rings (SSSR count). The van der Waals surface area contributed by atoms with Crippen LogP contribution in [0.3, 0.4) is 0 Å². The van der Waals surface area contributed by atoms with Crippen LogP contribution in [0.5, 0.6) is 0 Å². The number of alkyl halides is 1. The average Bonchev–Trinajstić information content (AvgIpc) is 2.38. The lowest BCUT2D eigenvalue weighted by Crippen LogP contribution is -2.24. The molecule has 0 saturated heterocycles. The van der Waals surface area contributed by atoms with Gasteiger partial charge in [0.25, 0.3) is 10.1 Å². The lowest BCUT2D eigenvalue weighted by molar-refractivity contribution is -0.144. The highest BCUT2D eigenvalue weighted by atomic mass is 35.5. The third-order valence-electron chi connectivity index (χ3n) is 2.44. The van der Waals surface area contributed by atoms with Crippen molar-refractivity contribution in [2.75, 3.05) is 12.5 Å². The average molecular weight is 321 g/mol. The largest absolute Gasteiger partial charge is 0.466 e. The van der Waals surface area contributed by atoms with Crippen LogP contribution in [0.25, 0.3) is 0 Å². The van der Waals surface area contributed by atoms with E-state index in [4.69, 9.17) is 20.5 Å². The number of ether oxygens (including phenoxy) is 1. The van der Waals surface area contributed by atoms with Crippen LogP contribution in [0, 0.1) is 6.92 Å². The number of carbonyl (C=O) groups is 1. The Morgan fingerprint density at radius 2 is 1.90 bits per heavy atom. The number of esters is 1. The van der Waals surface area contributed by atoms with Crippen molar-refractivity contribution in [1.29, 1.82) is 0 Å². The molecule has 0 heterocycles. The summed E-state index contributed by atoms with van der Waals surface area (Å²) < 4.78 is 33.7. The van der Waals surface area contributed by atoms with Gasteiger partial charge < -0.3 is 4.74 Å². The van der Waals surface area contributed by atoms with Crippen molar-refractivity contribution in [2.24, 2.45) is 0 Å². The molecule has 20 heavy (non-hydrogen) atoms. The second-order valence-corrected chi connectivity index (χ2v) is 6.03. The first-order chi connectivity index (χ1) is 9.39.